The molecule has 28 heavy (non-hydrogen) atoms. The molecule has 0 bridgehead atoms. The molecule has 6 nitrogen and oxygen atoms in total. The number of methoxy groups -OCH3 is 1. The second-order valence-corrected chi connectivity index (χ2v) is 6.06. The second-order valence-electron chi connectivity index (χ2n) is 6.06. The summed E-state index contributed by atoms with van der Waals surface area (Å²) in [4.78, 5) is 4.28. The minimum absolute atomic E-state index is 0.612. The second kappa shape index (κ2) is 11.7. The molecule has 152 valence electrons. The molecule has 0 fully saturated rings. The van der Waals surface area contributed by atoms with E-state index >= 15 is 0 Å². The Hall–Kier alpha value is -2.89. The van der Waals surface area contributed by atoms with Gasteiger partial charge in [0, 0.05) is 25.7 Å². The molecule has 2 aromatic rings. The molecule has 2 N–H and O–H groups in total. The summed E-state index contributed by atoms with van der Waals surface area (Å²) in [5, 5.41) is 6.66. The third-order valence-corrected chi connectivity index (χ3v) is 4.18. The summed E-state index contributed by atoms with van der Waals surface area (Å²) in [6, 6.07) is 14.0. The van der Waals surface area contributed by atoms with Crippen molar-refractivity contribution in [3.8, 4) is 17.2 Å². The molecule has 0 unspecified atom stereocenters. The first-order valence-corrected chi connectivity index (χ1v) is 9.66. The molecule has 0 saturated carbocycles. The van der Waals surface area contributed by atoms with Gasteiger partial charge in [0.25, 0.3) is 0 Å². The SMILES string of the molecule is CCOc1ccc(CCNC(=NC)NCc2ccccc2OC)cc1OCC. The Bertz CT molecular complexity index is 762. The molecule has 0 spiro atoms. The maximum atomic E-state index is 5.69. The van der Waals surface area contributed by atoms with Crippen molar-refractivity contribution in [2.45, 2.75) is 26.8 Å². The van der Waals surface area contributed by atoms with Crippen LogP contribution in [0.1, 0.15) is 25.0 Å². The first-order chi connectivity index (χ1) is 13.7. The molecule has 0 amide bonds. The van der Waals surface area contributed by atoms with Crippen LogP contribution in [0.4, 0.5) is 0 Å². The van der Waals surface area contributed by atoms with E-state index in [9.17, 15) is 0 Å². The highest BCUT2D eigenvalue weighted by Gasteiger charge is 2.07. The van der Waals surface area contributed by atoms with Crippen molar-refractivity contribution in [2.75, 3.05) is 33.9 Å². The highest BCUT2D eigenvalue weighted by atomic mass is 16.5. The van der Waals surface area contributed by atoms with Crippen molar-refractivity contribution in [3.05, 3.63) is 53.6 Å². The van der Waals surface area contributed by atoms with Crippen LogP contribution in [0.2, 0.25) is 0 Å². The van der Waals surface area contributed by atoms with Gasteiger partial charge < -0.3 is 24.8 Å². The van der Waals surface area contributed by atoms with Gasteiger partial charge in [-0.2, -0.15) is 0 Å². The van der Waals surface area contributed by atoms with E-state index < -0.39 is 0 Å². The summed E-state index contributed by atoms with van der Waals surface area (Å²) in [6.07, 6.45) is 0.849. The number of ether oxygens (including phenoxy) is 3. The molecular formula is C22H31N3O3. The van der Waals surface area contributed by atoms with Gasteiger partial charge in [-0.1, -0.05) is 24.3 Å². The summed E-state index contributed by atoms with van der Waals surface area (Å²) in [6.45, 7) is 6.57. The third kappa shape index (κ3) is 6.37. The van der Waals surface area contributed by atoms with Crippen LogP contribution in [0.5, 0.6) is 17.2 Å². The zero-order chi connectivity index (χ0) is 20.2. The Kier molecular flexibility index (Phi) is 8.98. The minimum Gasteiger partial charge on any atom is -0.496 e. The molecule has 0 aromatic heterocycles. The van der Waals surface area contributed by atoms with Gasteiger partial charge in [-0.05, 0) is 44.0 Å². The number of rotatable bonds is 10. The van der Waals surface area contributed by atoms with Crippen LogP contribution < -0.4 is 24.8 Å². The number of aliphatic imine (C=N–C) groups is 1. The molecule has 0 atom stereocenters. The van der Waals surface area contributed by atoms with Crippen molar-refractivity contribution in [3.63, 3.8) is 0 Å². The Balaban J connectivity index is 1.87. The molecular weight excluding hydrogens is 354 g/mol. The molecule has 0 saturated heterocycles. The largest absolute Gasteiger partial charge is 0.496 e. The fraction of sp³-hybridized carbons (Fsp3) is 0.409. The van der Waals surface area contributed by atoms with E-state index in [1.54, 1.807) is 14.2 Å². The van der Waals surface area contributed by atoms with E-state index in [0.717, 1.165) is 41.7 Å². The van der Waals surface area contributed by atoms with Crippen LogP contribution in [-0.2, 0) is 13.0 Å². The topological polar surface area (TPSA) is 64.1 Å². The first-order valence-electron chi connectivity index (χ1n) is 9.66. The van der Waals surface area contributed by atoms with E-state index in [-0.39, 0.29) is 0 Å². The first kappa shape index (κ1) is 21.4. The van der Waals surface area contributed by atoms with E-state index in [4.69, 9.17) is 14.2 Å². The lowest BCUT2D eigenvalue weighted by molar-refractivity contribution is 0.287. The number of nitrogens with one attached hydrogen (secondary N) is 2. The van der Waals surface area contributed by atoms with Gasteiger partial charge in [0.15, 0.2) is 17.5 Å². The van der Waals surface area contributed by atoms with Crippen LogP contribution in [0, 0.1) is 0 Å². The summed E-state index contributed by atoms with van der Waals surface area (Å²) >= 11 is 0. The number of benzene rings is 2. The van der Waals surface area contributed by atoms with Crippen molar-refractivity contribution < 1.29 is 14.2 Å². The fourth-order valence-electron chi connectivity index (χ4n) is 2.82. The van der Waals surface area contributed by atoms with Gasteiger partial charge in [0.2, 0.25) is 0 Å². The lowest BCUT2D eigenvalue weighted by Gasteiger charge is -2.15. The molecule has 0 radical (unpaired) electrons. The predicted octanol–water partition coefficient (Wildman–Crippen LogP) is 3.40. The van der Waals surface area contributed by atoms with Crippen molar-refractivity contribution in [2.24, 2.45) is 4.99 Å². The number of hydrogen-bond donors (Lipinski definition) is 2. The molecule has 0 aliphatic rings. The Morgan fingerprint density at radius 2 is 1.68 bits per heavy atom. The predicted molar refractivity (Wildman–Crippen MR) is 114 cm³/mol. The lowest BCUT2D eigenvalue weighted by atomic mass is 10.1. The fourth-order valence-corrected chi connectivity index (χ4v) is 2.82. The van der Waals surface area contributed by atoms with Crippen LogP contribution in [0.15, 0.2) is 47.5 Å². The summed E-state index contributed by atoms with van der Waals surface area (Å²) < 4.78 is 16.7. The monoisotopic (exact) mass is 385 g/mol. The van der Waals surface area contributed by atoms with Crippen molar-refractivity contribution in [1.82, 2.24) is 10.6 Å². The molecule has 2 rings (SSSR count). The number of nitrogens with zero attached hydrogens (tertiary/aromatic N) is 1. The van der Waals surface area contributed by atoms with Crippen LogP contribution >= 0.6 is 0 Å². The van der Waals surface area contributed by atoms with Crippen molar-refractivity contribution in [1.29, 1.82) is 0 Å². The molecule has 2 aromatic carbocycles. The van der Waals surface area contributed by atoms with Gasteiger partial charge in [-0.25, -0.2) is 0 Å². The Morgan fingerprint density at radius 3 is 2.39 bits per heavy atom. The lowest BCUT2D eigenvalue weighted by Crippen LogP contribution is -2.37. The minimum atomic E-state index is 0.612. The highest BCUT2D eigenvalue weighted by molar-refractivity contribution is 5.79. The molecule has 6 heteroatoms. The van der Waals surface area contributed by atoms with Crippen LogP contribution in [-0.4, -0.2) is 39.9 Å². The van der Waals surface area contributed by atoms with Gasteiger partial charge >= 0.3 is 0 Å². The van der Waals surface area contributed by atoms with Gasteiger partial charge in [0.05, 0.1) is 20.3 Å². The maximum Gasteiger partial charge on any atom is 0.191 e. The average Bonchev–Trinajstić information content (AvgIpc) is 2.72. The number of guanidine groups is 1. The van der Waals surface area contributed by atoms with Gasteiger partial charge in [-0.15, -0.1) is 0 Å². The summed E-state index contributed by atoms with van der Waals surface area (Å²) in [5.74, 6) is 3.20. The van der Waals surface area contributed by atoms with E-state index in [1.165, 1.54) is 5.56 Å². The van der Waals surface area contributed by atoms with Crippen molar-refractivity contribution >= 4 is 5.96 Å². The molecule has 0 aliphatic heterocycles. The normalized spacial score (nSPS) is 11.1. The summed E-state index contributed by atoms with van der Waals surface area (Å²) in [5.41, 5.74) is 2.26. The zero-order valence-electron chi connectivity index (χ0n) is 17.2. The highest BCUT2D eigenvalue weighted by Crippen LogP contribution is 2.28. The molecule has 0 aliphatic carbocycles. The smallest absolute Gasteiger partial charge is 0.191 e. The van der Waals surface area contributed by atoms with E-state index in [1.807, 2.05) is 50.2 Å². The zero-order valence-corrected chi connectivity index (χ0v) is 17.2. The van der Waals surface area contributed by atoms with E-state index in [2.05, 4.69) is 21.7 Å². The maximum absolute atomic E-state index is 5.69. The van der Waals surface area contributed by atoms with Crippen LogP contribution in [0.25, 0.3) is 0 Å². The standard InChI is InChI=1S/C22H31N3O3/c1-5-27-20-12-11-17(15-21(20)28-6-2)13-14-24-22(23-3)25-16-18-9-7-8-10-19(18)26-4/h7-12,15H,5-6,13-14,16H2,1-4H3,(H2,23,24,25). The Morgan fingerprint density at radius 1 is 0.929 bits per heavy atom. The number of hydrogen-bond acceptors (Lipinski definition) is 4. The molecule has 0 heterocycles. The quantitative estimate of drug-likeness (QED) is 0.485. The van der Waals surface area contributed by atoms with Gasteiger partial charge in [-0.3, -0.25) is 4.99 Å². The Labute approximate surface area is 167 Å². The average molecular weight is 386 g/mol. The van der Waals surface area contributed by atoms with Gasteiger partial charge in [0.1, 0.15) is 5.75 Å². The third-order valence-electron chi connectivity index (χ3n) is 4.18. The van der Waals surface area contributed by atoms with Crippen LogP contribution in [0.3, 0.4) is 0 Å². The summed E-state index contributed by atoms with van der Waals surface area (Å²) in [7, 11) is 3.45. The number of para-hydroxylation sites is 1. The van der Waals surface area contributed by atoms with E-state index in [0.29, 0.717) is 19.8 Å².